The van der Waals surface area contributed by atoms with E-state index in [0.29, 0.717) is 0 Å². The summed E-state index contributed by atoms with van der Waals surface area (Å²) in [7, 11) is -2.08. The molecule has 0 amide bonds. The van der Waals surface area contributed by atoms with Gasteiger partial charge in [-0.25, -0.2) is 0 Å². The van der Waals surface area contributed by atoms with Gasteiger partial charge in [0.25, 0.3) is 0 Å². The van der Waals surface area contributed by atoms with Gasteiger partial charge in [0.1, 0.15) is 0 Å². The lowest BCUT2D eigenvalue weighted by molar-refractivity contribution is -0.112. The summed E-state index contributed by atoms with van der Waals surface area (Å²) >= 11 is 0. The van der Waals surface area contributed by atoms with Crippen LogP contribution in [0.1, 0.15) is 20.8 Å². The molecule has 26 heavy (non-hydrogen) atoms. The third kappa shape index (κ3) is 4.61. The molecule has 1 atom stereocenters. The molecule has 4 nitrogen and oxygen atoms in total. The van der Waals surface area contributed by atoms with E-state index in [-0.39, 0.29) is 25.2 Å². The first-order valence-electron chi connectivity index (χ1n) is 8.96. The van der Waals surface area contributed by atoms with E-state index in [1.165, 1.54) is 0 Å². The Bertz CT molecular complexity index is 603. The molecule has 1 unspecified atom stereocenters. The van der Waals surface area contributed by atoms with E-state index in [2.05, 4.69) is 24.3 Å². The van der Waals surface area contributed by atoms with Crippen LogP contribution < -0.4 is 10.4 Å². The molecule has 0 aliphatic heterocycles. The average Bonchev–Trinajstić information content (AvgIpc) is 2.66. The quantitative estimate of drug-likeness (QED) is 0.601. The van der Waals surface area contributed by atoms with Gasteiger partial charge in [0.15, 0.2) is 0 Å². The van der Waals surface area contributed by atoms with E-state index < -0.39 is 20.6 Å². The third-order valence-electron chi connectivity index (χ3n) is 4.76. The van der Waals surface area contributed by atoms with E-state index >= 15 is 0 Å². The summed E-state index contributed by atoms with van der Waals surface area (Å²) in [5.74, 6) is 0. The zero-order valence-electron chi connectivity index (χ0n) is 15.8. The summed E-state index contributed by atoms with van der Waals surface area (Å²) < 4.78 is 6.68. The van der Waals surface area contributed by atoms with Gasteiger partial charge in [-0.05, 0) is 15.8 Å². The van der Waals surface area contributed by atoms with Gasteiger partial charge in [0.05, 0.1) is 31.3 Å². The van der Waals surface area contributed by atoms with Gasteiger partial charge in [0.2, 0.25) is 9.04 Å². The zero-order valence-corrected chi connectivity index (χ0v) is 17.0. The summed E-state index contributed by atoms with van der Waals surface area (Å²) in [5, 5.41) is 32.2. The fourth-order valence-corrected chi connectivity index (χ4v) is 6.22. The number of rotatable bonds is 8. The summed E-state index contributed by atoms with van der Waals surface area (Å²) in [6.07, 6.45) is -0.507. The van der Waals surface area contributed by atoms with Gasteiger partial charge in [-0.2, -0.15) is 0 Å². The highest BCUT2D eigenvalue weighted by atomic mass is 28.3. The molecule has 2 aromatic carbocycles. The Hall–Kier alpha value is -1.50. The number of aliphatic hydroxyl groups is 3. The molecule has 2 aromatic rings. The molecule has 0 radical (unpaired) electrons. The van der Waals surface area contributed by atoms with Crippen LogP contribution in [0.25, 0.3) is 0 Å². The Morgan fingerprint density at radius 1 is 0.769 bits per heavy atom. The van der Waals surface area contributed by atoms with Gasteiger partial charge >= 0.3 is 0 Å². The topological polar surface area (TPSA) is 69.9 Å². The van der Waals surface area contributed by atoms with Crippen molar-refractivity contribution in [3.63, 3.8) is 0 Å². The number of hydrogen-bond acceptors (Lipinski definition) is 4. The van der Waals surface area contributed by atoms with E-state index in [1.807, 2.05) is 57.2 Å². The molecular formula is C21H30O4Si. The second-order valence-electron chi connectivity index (χ2n) is 7.92. The Morgan fingerprint density at radius 2 is 1.15 bits per heavy atom. The van der Waals surface area contributed by atoms with Crippen LogP contribution in [0.5, 0.6) is 0 Å². The van der Waals surface area contributed by atoms with E-state index in [1.54, 1.807) is 0 Å². The molecule has 5 heteroatoms. The molecule has 2 rings (SSSR count). The van der Waals surface area contributed by atoms with E-state index in [4.69, 9.17) is 4.43 Å². The minimum Gasteiger partial charge on any atom is -0.407 e. The first kappa shape index (κ1) is 20.8. The van der Waals surface area contributed by atoms with E-state index in [9.17, 15) is 15.3 Å². The Balaban J connectivity index is 2.50. The highest BCUT2D eigenvalue weighted by molar-refractivity contribution is 6.80. The average molecular weight is 375 g/mol. The summed E-state index contributed by atoms with van der Waals surface area (Å²) in [6.45, 7) is 5.00. The van der Waals surface area contributed by atoms with Crippen LogP contribution in [0.4, 0.5) is 0 Å². The fourth-order valence-electron chi connectivity index (χ4n) is 3.41. The van der Waals surface area contributed by atoms with E-state index in [0.717, 1.165) is 10.4 Å². The molecule has 0 aliphatic carbocycles. The third-order valence-corrected chi connectivity index (χ3v) is 7.29. The first-order valence-corrected chi connectivity index (χ1v) is 10.6. The van der Waals surface area contributed by atoms with Crippen molar-refractivity contribution >= 4 is 19.4 Å². The Kier molecular flexibility index (Phi) is 7.14. The van der Waals surface area contributed by atoms with Crippen molar-refractivity contribution in [1.82, 2.24) is 0 Å². The summed E-state index contributed by atoms with van der Waals surface area (Å²) in [5.41, 5.74) is -1.48. The van der Waals surface area contributed by atoms with Gasteiger partial charge in [-0.1, -0.05) is 81.4 Å². The monoisotopic (exact) mass is 374 g/mol. The van der Waals surface area contributed by atoms with Crippen molar-refractivity contribution in [3.8, 4) is 0 Å². The lowest BCUT2D eigenvalue weighted by atomic mass is 9.72. The van der Waals surface area contributed by atoms with Crippen LogP contribution in [0.15, 0.2) is 60.7 Å². The molecule has 0 spiro atoms. The normalized spacial score (nSPS) is 13.8. The first-order chi connectivity index (χ1) is 12.4. The molecule has 0 saturated heterocycles. The van der Waals surface area contributed by atoms with Crippen LogP contribution in [0.3, 0.4) is 0 Å². The number of benzene rings is 2. The Labute approximate surface area is 157 Å². The van der Waals surface area contributed by atoms with Crippen molar-refractivity contribution in [1.29, 1.82) is 0 Å². The SMILES string of the molecule is CC(C)(C)C(O[SiH](c1ccccc1)c1ccccc1)C(CO)(CO)CO. The highest BCUT2D eigenvalue weighted by Gasteiger charge is 2.46. The predicted octanol–water partition coefficient (Wildman–Crippen LogP) is 0.919. The number of aliphatic hydroxyl groups excluding tert-OH is 3. The van der Waals surface area contributed by atoms with Gasteiger partial charge in [0, 0.05) is 0 Å². The maximum Gasteiger partial charge on any atom is 0.240 e. The maximum atomic E-state index is 9.98. The molecular weight excluding hydrogens is 344 g/mol. The molecule has 0 fully saturated rings. The maximum absolute atomic E-state index is 9.98. The van der Waals surface area contributed by atoms with Crippen LogP contribution in [0.2, 0.25) is 0 Å². The van der Waals surface area contributed by atoms with Gasteiger partial charge < -0.3 is 19.7 Å². The largest absolute Gasteiger partial charge is 0.407 e. The predicted molar refractivity (Wildman–Crippen MR) is 107 cm³/mol. The molecule has 0 heterocycles. The van der Waals surface area contributed by atoms with Crippen LogP contribution in [-0.2, 0) is 4.43 Å². The second kappa shape index (κ2) is 8.93. The zero-order chi connectivity index (χ0) is 19.2. The smallest absolute Gasteiger partial charge is 0.240 e. The molecule has 3 N–H and O–H groups in total. The van der Waals surface area contributed by atoms with Crippen LogP contribution in [-0.4, -0.2) is 50.3 Å². The molecule has 0 bridgehead atoms. The lowest BCUT2D eigenvalue weighted by Crippen LogP contribution is -2.58. The molecule has 0 aromatic heterocycles. The van der Waals surface area contributed by atoms with Crippen molar-refractivity contribution in [2.75, 3.05) is 19.8 Å². The standard InChI is InChI=1S/C21H30O4Si/c1-20(2,3)19(21(14-22,15-23)16-24)25-26(17-10-6-4-7-11-17)18-12-8-5-9-13-18/h4-13,19,22-24,26H,14-16H2,1-3H3. The minimum atomic E-state index is -2.08. The Morgan fingerprint density at radius 3 is 1.46 bits per heavy atom. The summed E-state index contributed by atoms with van der Waals surface area (Å²) in [6, 6.07) is 20.1. The van der Waals surface area contributed by atoms with Gasteiger partial charge in [-0.15, -0.1) is 0 Å². The lowest BCUT2D eigenvalue weighted by Gasteiger charge is -2.45. The molecule has 0 saturated carbocycles. The molecule has 0 aliphatic rings. The minimum absolute atomic E-state index is 0.341. The van der Waals surface area contributed by atoms with Crippen molar-refractivity contribution in [2.45, 2.75) is 26.9 Å². The fraction of sp³-hybridized carbons (Fsp3) is 0.429. The summed E-state index contributed by atoms with van der Waals surface area (Å²) in [4.78, 5) is 0. The van der Waals surface area contributed by atoms with Crippen molar-refractivity contribution in [2.24, 2.45) is 10.8 Å². The highest BCUT2D eigenvalue weighted by Crippen LogP contribution is 2.36. The van der Waals surface area contributed by atoms with Crippen LogP contribution in [0, 0.1) is 10.8 Å². The molecule has 142 valence electrons. The van der Waals surface area contributed by atoms with Gasteiger partial charge in [-0.3, -0.25) is 0 Å². The number of hydrogen-bond donors (Lipinski definition) is 3. The second-order valence-corrected chi connectivity index (χ2v) is 10.3. The van der Waals surface area contributed by atoms with Crippen molar-refractivity contribution < 1.29 is 19.7 Å². The van der Waals surface area contributed by atoms with Crippen LogP contribution >= 0.6 is 0 Å². The van der Waals surface area contributed by atoms with Crippen molar-refractivity contribution in [3.05, 3.63) is 60.7 Å².